The van der Waals surface area contributed by atoms with Gasteiger partial charge in [-0.3, -0.25) is 0 Å². The van der Waals surface area contributed by atoms with E-state index in [2.05, 4.69) is 15.1 Å². The van der Waals surface area contributed by atoms with Gasteiger partial charge in [-0.15, -0.1) is 5.10 Å². The van der Waals surface area contributed by atoms with Crippen LogP contribution in [0.5, 0.6) is 0 Å². The molecule has 0 atom stereocenters. The number of carboxylic acids is 1. The van der Waals surface area contributed by atoms with Crippen LogP contribution in [0.4, 0.5) is 0 Å². The van der Waals surface area contributed by atoms with Crippen LogP contribution in [-0.2, 0) is 0 Å². The first-order valence-corrected chi connectivity index (χ1v) is 5.58. The summed E-state index contributed by atoms with van der Waals surface area (Å²) in [6.07, 6.45) is 1.33. The van der Waals surface area contributed by atoms with E-state index in [9.17, 15) is 4.79 Å². The van der Waals surface area contributed by atoms with Gasteiger partial charge in [-0.05, 0) is 18.1 Å². The summed E-state index contributed by atoms with van der Waals surface area (Å²) in [6.45, 7) is 3.83. The number of aromatic nitrogens is 4. The maximum atomic E-state index is 11.1. The molecule has 2 heterocycles. The largest absolute Gasteiger partial charge is 0.478 e. The summed E-state index contributed by atoms with van der Waals surface area (Å²) in [4.78, 5) is 19.2. The summed E-state index contributed by atoms with van der Waals surface area (Å²) < 4.78 is 1.29. The van der Waals surface area contributed by atoms with Crippen molar-refractivity contribution in [2.45, 2.75) is 19.8 Å². The van der Waals surface area contributed by atoms with E-state index in [0.717, 1.165) is 0 Å². The van der Waals surface area contributed by atoms with E-state index in [0.29, 0.717) is 11.5 Å². The Morgan fingerprint density at radius 3 is 2.74 bits per heavy atom. The van der Waals surface area contributed by atoms with Gasteiger partial charge < -0.3 is 5.11 Å². The fourth-order valence-corrected chi connectivity index (χ4v) is 1.50. The Morgan fingerprint density at radius 2 is 2.21 bits per heavy atom. The molecule has 19 heavy (non-hydrogen) atoms. The van der Waals surface area contributed by atoms with E-state index < -0.39 is 5.97 Å². The third-order valence-electron chi connectivity index (χ3n) is 2.50. The number of hydrogen-bond donors (Lipinski definition) is 1. The Labute approximate surface area is 109 Å². The van der Waals surface area contributed by atoms with Crippen LogP contribution < -0.4 is 0 Å². The lowest BCUT2D eigenvalue weighted by Gasteiger charge is -2.08. The van der Waals surface area contributed by atoms with Gasteiger partial charge in [0, 0.05) is 5.69 Å². The standard InChI is InChI=1S/C12H11N5O2/c1-7(2)9-3-8(12(18)19)4-11(15-9)17-6-14-10(5-13)16-17/h3-4,6-7H,1-2H3,(H,18,19). The molecule has 0 aromatic carbocycles. The van der Waals surface area contributed by atoms with Crippen molar-refractivity contribution in [3.8, 4) is 11.9 Å². The molecule has 0 aliphatic rings. The van der Waals surface area contributed by atoms with Gasteiger partial charge in [0.25, 0.3) is 5.82 Å². The first-order valence-electron chi connectivity index (χ1n) is 5.58. The fourth-order valence-electron chi connectivity index (χ4n) is 1.50. The van der Waals surface area contributed by atoms with Gasteiger partial charge in [0.15, 0.2) is 5.82 Å². The SMILES string of the molecule is CC(C)c1cc(C(=O)O)cc(-n2cnc(C#N)n2)n1. The molecular weight excluding hydrogens is 246 g/mol. The zero-order chi connectivity index (χ0) is 14.0. The van der Waals surface area contributed by atoms with Crippen molar-refractivity contribution in [1.82, 2.24) is 19.7 Å². The van der Waals surface area contributed by atoms with Gasteiger partial charge in [-0.2, -0.15) is 5.26 Å². The van der Waals surface area contributed by atoms with Crippen LogP contribution in [-0.4, -0.2) is 30.8 Å². The number of hydrogen-bond acceptors (Lipinski definition) is 5. The van der Waals surface area contributed by atoms with Crippen LogP contribution in [0.3, 0.4) is 0 Å². The summed E-state index contributed by atoms with van der Waals surface area (Å²) in [5, 5.41) is 21.7. The molecule has 96 valence electrons. The van der Waals surface area contributed by atoms with Crippen LogP contribution in [0, 0.1) is 11.3 Å². The van der Waals surface area contributed by atoms with Crippen molar-refractivity contribution < 1.29 is 9.90 Å². The van der Waals surface area contributed by atoms with Crippen LogP contribution in [0.2, 0.25) is 0 Å². The summed E-state index contributed by atoms with van der Waals surface area (Å²) in [7, 11) is 0. The Bertz CT molecular complexity index is 669. The van der Waals surface area contributed by atoms with Crippen molar-refractivity contribution in [3.63, 3.8) is 0 Å². The van der Waals surface area contributed by atoms with Gasteiger partial charge in [0.1, 0.15) is 12.4 Å². The molecule has 2 aromatic heterocycles. The predicted molar refractivity (Wildman–Crippen MR) is 64.9 cm³/mol. The average molecular weight is 257 g/mol. The molecule has 0 aliphatic heterocycles. The molecule has 2 rings (SSSR count). The number of pyridine rings is 1. The minimum Gasteiger partial charge on any atom is -0.478 e. The first kappa shape index (κ1) is 12.7. The Kier molecular flexibility index (Phi) is 3.25. The van der Waals surface area contributed by atoms with Crippen LogP contribution in [0.25, 0.3) is 5.82 Å². The number of carboxylic acid groups (broad SMARTS) is 1. The maximum absolute atomic E-state index is 11.1. The molecular formula is C12H11N5O2. The lowest BCUT2D eigenvalue weighted by molar-refractivity contribution is 0.0696. The highest BCUT2D eigenvalue weighted by atomic mass is 16.4. The smallest absolute Gasteiger partial charge is 0.335 e. The number of carbonyl (C=O) groups is 1. The molecule has 0 aliphatic carbocycles. The van der Waals surface area contributed by atoms with Crippen molar-refractivity contribution in [2.24, 2.45) is 0 Å². The van der Waals surface area contributed by atoms with Gasteiger partial charge >= 0.3 is 5.97 Å². The summed E-state index contributed by atoms with van der Waals surface area (Å²) in [5.41, 5.74) is 0.770. The van der Waals surface area contributed by atoms with Gasteiger partial charge in [-0.1, -0.05) is 13.8 Å². The third kappa shape index (κ3) is 2.57. The van der Waals surface area contributed by atoms with Gasteiger partial charge in [-0.25, -0.2) is 19.4 Å². The van der Waals surface area contributed by atoms with Crippen LogP contribution >= 0.6 is 0 Å². The highest BCUT2D eigenvalue weighted by Gasteiger charge is 2.13. The van der Waals surface area contributed by atoms with Crippen LogP contribution in [0.1, 0.15) is 41.6 Å². The van der Waals surface area contributed by atoms with Gasteiger partial charge in [0.2, 0.25) is 0 Å². The second kappa shape index (κ2) is 4.86. The summed E-state index contributed by atoms with van der Waals surface area (Å²) in [5.74, 6) is -0.616. The molecule has 0 saturated carbocycles. The number of rotatable bonds is 3. The second-order valence-corrected chi connectivity index (χ2v) is 4.22. The van der Waals surface area contributed by atoms with E-state index in [1.165, 1.54) is 23.1 Å². The van der Waals surface area contributed by atoms with Crippen molar-refractivity contribution in [2.75, 3.05) is 0 Å². The summed E-state index contributed by atoms with van der Waals surface area (Å²) in [6, 6.07) is 4.72. The lowest BCUT2D eigenvalue weighted by Crippen LogP contribution is -2.07. The molecule has 0 saturated heterocycles. The van der Waals surface area contributed by atoms with E-state index in [1.807, 2.05) is 13.8 Å². The molecule has 7 heteroatoms. The normalized spacial score (nSPS) is 10.4. The number of nitrogens with zero attached hydrogens (tertiary/aromatic N) is 5. The van der Waals surface area contributed by atoms with E-state index in [4.69, 9.17) is 10.4 Å². The van der Waals surface area contributed by atoms with E-state index >= 15 is 0 Å². The zero-order valence-electron chi connectivity index (χ0n) is 10.4. The summed E-state index contributed by atoms with van der Waals surface area (Å²) >= 11 is 0. The minimum absolute atomic E-state index is 0.00799. The predicted octanol–water partition coefficient (Wildman–Crippen LogP) is 1.36. The lowest BCUT2D eigenvalue weighted by atomic mass is 10.1. The zero-order valence-corrected chi connectivity index (χ0v) is 10.4. The Balaban J connectivity index is 2.56. The highest BCUT2D eigenvalue weighted by molar-refractivity contribution is 5.88. The molecule has 1 N–H and O–H groups in total. The molecule has 0 radical (unpaired) electrons. The Morgan fingerprint density at radius 1 is 1.47 bits per heavy atom. The van der Waals surface area contributed by atoms with E-state index in [1.54, 1.807) is 6.07 Å². The molecule has 7 nitrogen and oxygen atoms in total. The topological polar surface area (TPSA) is 105 Å². The van der Waals surface area contributed by atoms with Crippen LogP contribution in [0.15, 0.2) is 18.5 Å². The molecule has 0 bridgehead atoms. The first-order chi connectivity index (χ1) is 9.01. The van der Waals surface area contributed by atoms with Gasteiger partial charge in [0.05, 0.1) is 5.56 Å². The molecule has 2 aromatic rings. The van der Waals surface area contributed by atoms with Crippen molar-refractivity contribution in [1.29, 1.82) is 5.26 Å². The molecule has 0 amide bonds. The average Bonchev–Trinajstić information content (AvgIpc) is 2.86. The van der Waals surface area contributed by atoms with Crippen molar-refractivity contribution in [3.05, 3.63) is 35.5 Å². The van der Waals surface area contributed by atoms with Crippen molar-refractivity contribution >= 4 is 5.97 Å². The highest BCUT2D eigenvalue weighted by Crippen LogP contribution is 2.17. The maximum Gasteiger partial charge on any atom is 0.335 e. The molecule has 0 unspecified atom stereocenters. The third-order valence-corrected chi connectivity index (χ3v) is 2.50. The minimum atomic E-state index is -1.04. The quantitative estimate of drug-likeness (QED) is 0.889. The Hall–Kier alpha value is -2.75. The molecule has 0 fully saturated rings. The number of nitriles is 1. The molecule has 0 spiro atoms. The monoisotopic (exact) mass is 257 g/mol. The second-order valence-electron chi connectivity index (χ2n) is 4.22. The fraction of sp³-hybridized carbons (Fsp3) is 0.250. The van der Waals surface area contributed by atoms with E-state index in [-0.39, 0.29) is 17.3 Å². The number of aromatic carboxylic acids is 1.